The zero-order valence-electron chi connectivity index (χ0n) is 15.1. The maximum atomic E-state index is 13.6. The lowest BCUT2D eigenvalue weighted by Gasteiger charge is -2.08. The summed E-state index contributed by atoms with van der Waals surface area (Å²) >= 11 is 0. The van der Waals surface area contributed by atoms with E-state index in [0.717, 1.165) is 16.9 Å². The van der Waals surface area contributed by atoms with Crippen LogP contribution in [-0.4, -0.2) is 33.3 Å². The van der Waals surface area contributed by atoms with Crippen molar-refractivity contribution in [2.75, 3.05) is 27.4 Å². The monoisotopic (exact) mass is 361 g/mol. The number of carbonyl (C=O) groups is 1. The lowest BCUT2D eigenvalue weighted by molar-refractivity contribution is -0.121. The zero-order chi connectivity index (χ0) is 18.8. The fraction of sp³-hybridized carbons (Fsp3) is 0.350. The summed E-state index contributed by atoms with van der Waals surface area (Å²) < 4.78 is 28.9. The molecule has 0 aromatic heterocycles. The number of methoxy groups -OCH3 is 2. The largest absolute Gasteiger partial charge is 0.494 e. The van der Waals surface area contributed by atoms with Gasteiger partial charge in [-0.3, -0.25) is 4.79 Å². The minimum absolute atomic E-state index is 0.0818. The minimum Gasteiger partial charge on any atom is -0.494 e. The highest BCUT2D eigenvalue weighted by Gasteiger charge is 2.06. The van der Waals surface area contributed by atoms with Crippen LogP contribution in [0, 0.1) is 5.82 Å². The first-order chi connectivity index (χ1) is 12.6. The number of amides is 1. The molecule has 1 N–H and O–H groups in total. The van der Waals surface area contributed by atoms with Gasteiger partial charge in [0.05, 0.1) is 13.7 Å². The summed E-state index contributed by atoms with van der Waals surface area (Å²) in [4.78, 5) is 12.0. The number of halogens is 1. The van der Waals surface area contributed by atoms with Crippen LogP contribution in [0.1, 0.15) is 17.5 Å². The number of rotatable bonds is 10. The van der Waals surface area contributed by atoms with Crippen molar-refractivity contribution in [1.29, 1.82) is 0 Å². The SMILES string of the molecule is COCCOc1ccc(CNC(=O)CCc2ccc(OC)c(F)c2)cc1. The first-order valence-electron chi connectivity index (χ1n) is 8.42. The van der Waals surface area contributed by atoms with Gasteiger partial charge in [0.2, 0.25) is 5.91 Å². The number of hydrogen-bond acceptors (Lipinski definition) is 4. The molecular formula is C20H24FNO4. The molecule has 0 aliphatic carbocycles. The number of nitrogens with one attached hydrogen (secondary N) is 1. The maximum absolute atomic E-state index is 13.6. The summed E-state index contributed by atoms with van der Waals surface area (Å²) in [7, 11) is 3.05. The normalized spacial score (nSPS) is 10.4. The smallest absolute Gasteiger partial charge is 0.220 e. The summed E-state index contributed by atoms with van der Waals surface area (Å²) in [6.07, 6.45) is 0.767. The molecule has 0 aliphatic rings. The van der Waals surface area contributed by atoms with Crippen molar-refractivity contribution in [3.8, 4) is 11.5 Å². The van der Waals surface area contributed by atoms with Crippen LogP contribution in [0.3, 0.4) is 0 Å². The molecule has 0 saturated carbocycles. The Labute approximate surface area is 153 Å². The van der Waals surface area contributed by atoms with Gasteiger partial charge in [0.15, 0.2) is 11.6 Å². The van der Waals surface area contributed by atoms with Gasteiger partial charge in [0.25, 0.3) is 0 Å². The first-order valence-corrected chi connectivity index (χ1v) is 8.42. The van der Waals surface area contributed by atoms with Crippen LogP contribution in [0.25, 0.3) is 0 Å². The summed E-state index contributed by atoms with van der Waals surface area (Å²) in [5.41, 5.74) is 1.74. The van der Waals surface area contributed by atoms with Gasteiger partial charge < -0.3 is 19.5 Å². The molecule has 2 rings (SSSR count). The van der Waals surface area contributed by atoms with E-state index in [4.69, 9.17) is 14.2 Å². The Morgan fingerprint density at radius 1 is 1.04 bits per heavy atom. The molecule has 0 fully saturated rings. The Hall–Kier alpha value is -2.60. The molecule has 0 heterocycles. The molecular weight excluding hydrogens is 337 g/mol. The Morgan fingerprint density at radius 3 is 2.42 bits per heavy atom. The van der Waals surface area contributed by atoms with E-state index in [1.54, 1.807) is 19.2 Å². The van der Waals surface area contributed by atoms with E-state index >= 15 is 0 Å². The second-order valence-corrected chi connectivity index (χ2v) is 5.73. The van der Waals surface area contributed by atoms with E-state index in [0.29, 0.717) is 32.6 Å². The second kappa shape index (κ2) is 10.4. The Morgan fingerprint density at radius 2 is 1.77 bits per heavy atom. The van der Waals surface area contributed by atoms with Gasteiger partial charge in [-0.25, -0.2) is 4.39 Å². The van der Waals surface area contributed by atoms with Crippen molar-refractivity contribution in [3.05, 3.63) is 59.4 Å². The Kier molecular flexibility index (Phi) is 7.89. The van der Waals surface area contributed by atoms with Crippen molar-refractivity contribution in [2.24, 2.45) is 0 Å². The third-order valence-corrected chi connectivity index (χ3v) is 3.83. The van der Waals surface area contributed by atoms with Gasteiger partial charge in [0, 0.05) is 20.1 Å². The highest BCUT2D eigenvalue weighted by molar-refractivity contribution is 5.76. The van der Waals surface area contributed by atoms with Gasteiger partial charge in [-0.05, 0) is 41.8 Å². The third kappa shape index (κ3) is 6.37. The predicted octanol–water partition coefficient (Wildman–Crippen LogP) is 3.11. The van der Waals surface area contributed by atoms with E-state index in [-0.39, 0.29) is 11.7 Å². The molecule has 5 nitrogen and oxygen atoms in total. The number of carbonyl (C=O) groups excluding carboxylic acids is 1. The average molecular weight is 361 g/mol. The highest BCUT2D eigenvalue weighted by Crippen LogP contribution is 2.18. The molecule has 0 atom stereocenters. The quantitative estimate of drug-likeness (QED) is 0.661. The molecule has 0 radical (unpaired) electrons. The molecule has 0 saturated heterocycles. The van der Waals surface area contributed by atoms with E-state index in [1.807, 2.05) is 24.3 Å². The van der Waals surface area contributed by atoms with E-state index in [1.165, 1.54) is 13.2 Å². The summed E-state index contributed by atoms with van der Waals surface area (Å²) in [6.45, 7) is 1.47. The Balaban J connectivity index is 1.73. The predicted molar refractivity (Wildman–Crippen MR) is 96.9 cm³/mol. The van der Waals surface area contributed by atoms with Crippen LogP contribution < -0.4 is 14.8 Å². The fourth-order valence-corrected chi connectivity index (χ4v) is 2.36. The highest BCUT2D eigenvalue weighted by atomic mass is 19.1. The van der Waals surface area contributed by atoms with Crippen LogP contribution in [0.2, 0.25) is 0 Å². The van der Waals surface area contributed by atoms with Gasteiger partial charge in [-0.2, -0.15) is 0 Å². The van der Waals surface area contributed by atoms with Gasteiger partial charge in [-0.15, -0.1) is 0 Å². The van der Waals surface area contributed by atoms with Crippen molar-refractivity contribution < 1.29 is 23.4 Å². The molecule has 26 heavy (non-hydrogen) atoms. The van der Waals surface area contributed by atoms with Gasteiger partial charge in [0.1, 0.15) is 12.4 Å². The zero-order valence-corrected chi connectivity index (χ0v) is 15.1. The lowest BCUT2D eigenvalue weighted by atomic mass is 10.1. The van der Waals surface area contributed by atoms with Crippen molar-refractivity contribution >= 4 is 5.91 Å². The molecule has 2 aromatic carbocycles. The number of hydrogen-bond donors (Lipinski definition) is 1. The first kappa shape index (κ1) is 19.7. The molecule has 0 spiro atoms. The van der Waals surface area contributed by atoms with E-state index in [2.05, 4.69) is 5.32 Å². The fourth-order valence-electron chi connectivity index (χ4n) is 2.36. The lowest BCUT2D eigenvalue weighted by Crippen LogP contribution is -2.23. The van der Waals surface area contributed by atoms with Crippen LogP contribution in [0.5, 0.6) is 11.5 Å². The average Bonchev–Trinajstić information content (AvgIpc) is 2.66. The van der Waals surface area contributed by atoms with Gasteiger partial charge >= 0.3 is 0 Å². The summed E-state index contributed by atoms with van der Waals surface area (Å²) in [5, 5.41) is 2.86. The maximum Gasteiger partial charge on any atom is 0.220 e. The number of aryl methyl sites for hydroxylation is 1. The Bertz CT molecular complexity index is 703. The molecule has 140 valence electrons. The van der Waals surface area contributed by atoms with E-state index in [9.17, 15) is 9.18 Å². The van der Waals surface area contributed by atoms with Crippen molar-refractivity contribution in [3.63, 3.8) is 0 Å². The summed E-state index contributed by atoms with van der Waals surface area (Å²) in [5.74, 6) is 0.464. The molecule has 6 heteroatoms. The topological polar surface area (TPSA) is 56.8 Å². The molecule has 0 aliphatic heterocycles. The third-order valence-electron chi connectivity index (χ3n) is 3.83. The molecule has 1 amide bonds. The van der Waals surface area contributed by atoms with Crippen molar-refractivity contribution in [1.82, 2.24) is 5.32 Å². The molecule has 0 unspecified atom stereocenters. The van der Waals surface area contributed by atoms with Crippen LogP contribution in [-0.2, 0) is 22.5 Å². The van der Waals surface area contributed by atoms with E-state index < -0.39 is 5.82 Å². The summed E-state index contributed by atoms with van der Waals surface area (Å²) in [6, 6.07) is 12.3. The second-order valence-electron chi connectivity index (χ2n) is 5.73. The van der Waals surface area contributed by atoms with Crippen molar-refractivity contribution in [2.45, 2.75) is 19.4 Å². The molecule has 0 bridgehead atoms. The van der Waals surface area contributed by atoms with Crippen LogP contribution in [0.15, 0.2) is 42.5 Å². The standard InChI is InChI=1S/C20H24FNO4/c1-24-11-12-26-17-7-3-16(4-8-17)14-22-20(23)10-6-15-5-9-19(25-2)18(21)13-15/h3-5,7-9,13H,6,10-12,14H2,1-2H3,(H,22,23). The van der Waals surface area contributed by atoms with Crippen LogP contribution >= 0.6 is 0 Å². The number of benzene rings is 2. The number of ether oxygens (including phenoxy) is 3. The molecule has 2 aromatic rings. The van der Waals surface area contributed by atoms with Gasteiger partial charge in [-0.1, -0.05) is 18.2 Å². The van der Waals surface area contributed by atoms with Crippen LogP contribution in [0.4, 0.5) is 4.39 Å². The minimum atomic E-state index is -0.418.